The van der Waals surface area contributed by atoms with Gasteiger partial charge in [-0.25, -0.2) is 9.97 Å². The fraction of sp³-hybridized carbons (Fsp3) is 0.583. The average Bonchev–Trinajstić information content (AvgIpc) is 2.76. The highest BCUT2D eigenvalue weighted by molar-refractivity contribution is 5.46. The van der Waals surface area contributed by atoms with E-state index < -0.39 is 11.9 Å². The zero-order valence-electron chi connectivity index (χ0n) is 17.7. The predicted octanol–water partition coefficient (Wildman–Crippen LogP) is 5.73. The Balaban J connectivity index is 0.00000193. The Bertz CT molecular complexity index is 923. The number of nitrogens with one attached hydrogen (secondary N) is 1. The highest BCUT2D eigenvalue weighted by Gasteiger charge is 2.33. The number of anilines is 1. The number of pyridine rings is 2. The third kappa shape index (κ3) is 6.50. The van der Waals surface area contributed by atoms with Crippen molar-refractivity contribution in [3.05, 3.63) is 41.3 Å². The fourth-order valence-corrected chi connectivity index (χ4v) is 4.16. The van der Waals surface area contributed by atoms with Crippen molar-refractivity contribution in [3.63, 3.8) is 0 Å². The third-order valence-corrected chi connectivity index (χ3v) is 5.79. The third-order valence-electron chi connectivity index (χ3n) is 5.79. The molecule has 0 bridgehead atoms. The molecule has 2 aromatic rings. The second kappa shape index (κ2) is 11.0. The molecule has 6 nitrogen and oxygen atoms in total. The number of hydrogen-bond donors (Lipinski definition) is 1. The second-order valence-electron chi connectivity index (χ2n) is 8.18. The molecule has 0 aliphatic carbocycles. The van der Waals surface area contributed by atoms with Crippen molar-refractivity contribution in [2.45, 2.75) is 53.8 Å². The van der Waals surface area contributed by atoms with Gasteiger partial charge in [0.25, 0.3) is 5.88 Å². The number of aromatic nitrogens is 2. The van der Waals surface area contributed by atoms with Gasteiger partial charge in [-0.15, -0.1) is 0 Å². The summed E-state index contributed by atoms with van der Waals surface area (Å²) < 4.78 is 50.2. The summed E-state index contributed by atoms with van der Waals surface area (Å²) in [6, 6.07) is 6.71. The van der Waals surface area contributed by atoms with Gasteiger partial charge < -0.3 is 14.8 Å². The summed E-state index contributed by atoms with van der Waals surface area (Å²) >= 11 is 0. The molecule has 184 valence electrons. The molecule has 1 fully saturated rings. The Hall–Kier alpha value is -2.55. The number of likely N-dealkylation sites (tertiary alicyclic amines) is 1. The van der Waals surface area contributed by atoms with Gasteiger partial charge in [-0.1, -0.05) is 14.9 Å². The molecule has 0 spiro atoms. The van der Waals surface area contributed by atoms with Gasteiger partial charge in [0.2, 0.25) is 0 Å². The standard InChI is InChI=1S/C22H27F3N4O2.2CH4/c1-14-10-17(11-20(27-14)22(23,24)25)26-12-16-4-3-7-29(13-16)15(2)18-5-6-19-21(28-18)31-9-8-30-19;;/h5-6,10-11,15-16H,3-4,7-9,12-13H2,1-2H3,(H,26,27);2*1H4/t15-,16+;;/m1../s1. The van der Waals surface area contributed by atoms with Gasteiger partial charge in [-0.2, -0.15) is 13.2 Å². The van der Waals surface area contributed by atoms with Crippen LogP contribution in [0, 0.1) is 12.8 Å². The van der Waals surface area contributed by atoms with Gasteiger partial charge in [0.15, 0.2) is 5.75 Å². The van der Waals surface area contributed by atoms with Crippen LogP contribution in [-0.4, -0.2) is 47.7 Å². The van der Waals surface area contributed by atoms with Gasteiger partial charge >= 0.3 is 6.18 Å². The molecule has 0 radical (unpaired) electrons. The molecular weight excluding hydrogens is 433 g/mol. The molecule has 33 heavy (non-hydrogen) atoms. The number of hydrogen-bond acceptors (Lipinski definition) is 6. The molecule has 1 saturated heterocycles. The van der Waals surface area contributed by atoms with Crippen LogP contribution in [-0.2, 0) is 6.18 Å². The quantitative estimate of drug-likeness (QED) is 0.605. The molecule has 0 aromatic carbocycles. The van der Waals surface area contributed by atoms with E-state index in [0.717, 1.165) is 37.7 Å². The fourth-order valence-electron chi connectivity index (χ4n) is 4.16. The van der Waals surface area contributed by atoms with E-state index in [9.17, 15) is 13.2 Å². The first-order valence-electron chi connectivity index (χ1n) is 10.6. The van der Waals surface area contributed by atoms with E-state index in [0.29, 0.717) is 48.7 Å². The number of alkyl halides is 3. The van der Waals surface area contributed by atoms with Crippen LogP contribution in [0.4, 0.5) is 18.9 Å². The van der Waals surface area contributed by atoms with Crippen LogP contribution in [0.3, 0.4) is 0 Å². The van der Waals surface area contributed by atoms with E-state index in [2.05, 4.69) is 27.1 Å². The summed E-state index contributed by atoms with van der Waals surface area (Å²) in [6.07, 6.45) is -2.39. The van der Waals surface area contributed by atoms with Crippen molar-refractivity contribution < 1.29 is 22.6 Å². The highest BCUT2D eigenvalue weighted by Crippen LogP contribution is 2.33. The minimum Gasteiger partial charge on any atom is -0.484 e. The normalized spacial score (nSPS) is 19.1. The lowest BCUT2D eigenvalue weighted by Crippen LogP contribution is -2.39. The minimum atomic E-state index is -4.45. The van der Waals surface area contributed by atoms with Gasteiger partial charge in [0.1, 0.15) is 18.9 Å². The monoisotopic (exact) mass is 468 g/mol. The van der Waals surface area contributed by atoms with E-state index in [1.54, 1.807) is 13.0 Å². The maximum Gasteiger partial charge on any atom is 0.433 e. The van der Waals surface area contributed by atoms with Crippen LogP contribution in [0.1, 0.15) is 57.7 Å². The van der Waals surface area contributed by atoms with Crippen LogP contribution >= 0.6 is 0 Å². The Kier molecular flexibility index (Phi) is 8.94. The Morgan fingerprint density at radius 1 is 1.15 bits per heavy atom. The summed E-state index contributed by atoms with van der Waals surface area (Å²) in [6.45, 7) is 7.14. The first-order chi connectivity index (χ1) is 14.8. The van der Waals surface area contributed by atoms with Gasteiger partial charge in [0, 0.05) is 30.5 Å². The van der Waals surface area contributed by atoms with E-state index in [4.69, 9.17) is 9.47 Å². The van der Waals surface area contributed by atoms with E-state index in [-0.39, 0.29) is 20.9 Å². The highest BCUT2D eigenvalue weighted by atomic mass is 19.4. The molecule has 0 amide bonds. The summed E-state index contributed by atoms with van der Waals surface area (Å²) in [5, 5.41) is 3.19. The molecule has 0 saturated carbocycles. The van der Waals surface area contributed by atoms with Crippen molar-refractivity contribution in [3.8, 4) is 11.6 Å². The van der Waals surface area contributed by atoms with Crippen LogP contribution < -0.4 is 14.8 Å². The molecule has 2 aliphatic rings. The SMILES string of the molecule is C.C.Cc1cc(NC[C@@H]2CCCN([C@H](C)c3ccc4c(n3)OCCO4)C2)cc(C(F)(F)F)n1. The largest absolute Gasteiger partial charge is 0.484 e. The summed E-state index contributed by atoms with van der Waals surface area (Å²) in [5.41, 5.74) is 0.871. The Labute approximate surface area is 194 Å². The molecule has 9 heteroatoms. The van der Waals surface area contributed by atoms with Gasteiger partial charge in [0.05, 0.1) is 5.69 Å². The smallest absolute Gasteiger partial charge is 0.433 e. The zero-order chi connectivity index (χ0) is 22.0. The zero-order valence-corrected chi connectivity index (χ0v) is 17.7. The van der Waals surface area contributed by atoms with Crippen LogP contribution in [0.15, 0.2) is 24.3 Å². The number of aryl methyl sites for hydroxylation is 1. The summed E-state index contributed by atoms with van der Waals surface area (Å²) in [7, 11) is 0. The van der Waals surface area contributed by atoms with E-state index in [1.165, 1.54) is 0 Å². The number of nitrogens with zero attached hydrogens (tertiary/aromatic N) is 3. The van der Waals surface area contributed by atoms with Crippen LogP contribution in [0.5, 0.6) is 11.6 Å². The van der Waals surface area contributed by atoms with Crippen LogP contribution in [0.25, 0.3) is 0 Å². The first kappa shape index (κ1) is 26.7. The van der Waals surface area contributed by atoms with Crippen LogP contribution in [0.2, 0.25) is 0 Å². The Morgan fingerprint density at radius 2 is 1.91 bits per heavy atom. The molecule has 4 rings (SSSR count). The summed E-state index contributed by atoms with van der Waals surface area (Å²) in [5.74, 6) is 1.55. The van der Waals surface area contributed by atoms with Crippen molar-refractivity contribution in [1.82, 2.24) is 14.9 Å². The van der Waals surface area contributed by atoms with Crippen molar-refractivity contribution >= 4 is 5.69 Å². The molecule has 2 aliphatic heterocycles. The second-order valence-corrected chi connectivity index (χ2v) is 8.18. The van der Waals surface area contributed by atoms with E-state index >= 15 is 0 Å². The molecule has 2 aromatic heterocycles. The molecule has 2 atom stereocenters. The minimum absolute atomic E-state index is 0. The van der Waals surface area contributed by atoms with Crippen molar-refractivity contribution in [2.24, 2.45) is 5.92 Å². The first-order valence-corrected chi connectivity index (χ1v) is 10.6. The number of rotatable bonds is 5. The molecule has 4 heterocycles. The lowest BCUT2D eigenvalue weighted by atomic mass is 9.96. The van der Waals surface area contributed by atoms with Gasteiger partial charge in [-0.05, 0) is 63.4 Å². The van der Waals surface area contributed by atoms with Gasteiger partial charge in [-0.3, -0.25) is 4.90 Å². The molecule has 1 N–H and O–H groups in total. The predicted molar refractivity (Wildman–Crippen MR) is 124 cm³/mol. The number of halogens is 3. The van der Waals surface area contributed by atoms with Crippen molar-refractivity contribution in [2.75, 3.05) is 38.2 Å². The number of piperidine rings is 1. The number of ether oxygens (including phenoxy) is 2. The number of fused-ring (bicyclic) bond motifs is 1. The summed E-state index contributed by atoms with van der Waals surface area (Å²) in [4.78, 5) is 10.6. The maximum absolute atomic E-state index is 13.0. The maximum atomic E-state index is 13.0. The molecule has 0 unspecified atom stereocenters. The average molecular weight is 469 g/mol. The topological polar surface area (TPSA) is 59.5 Å². The molecular formula is C24H35F3N4O2. The lowest BCUT2D eigenvalue weighted by molar-refractivity contribution is -0.141. The Morgan fingerprint density at radius 3 is 2.67 bits per heavy atom. The lowest BCUT2D eigenvalue weighted by Gasteiger charge is -2.37. The van der Waals surface area contributed by atoms with Crippen molar-refractivity contribution in [1.29, 1.82) is 0 Å². The van der Waals surface area contributed by atoms with E-state index in [1.807, 2.05) is 12.1 Å².